The van der Waals surface area contributed by atoms with Gasteiger partial charge in [0, 0.05) is 24.0 Å². The van der Waals surface area contributed by atoms with Crippen molar-refractivity contribution in [2.45, 2.75) is 19.9 Å². The van der Waals surface area contributed by atoms with E-state index in [1.54, 1.807) is 13.3 Å². The molecule has 0 saturated carbocycles. The molecule has 2 aromatic rings. The minimum absolute atomic E-state index is 0.0945. The Morgan fingerprint density at radius 2 is 2.18 bits per heavy atom. The van der Waals surface area contributed by atoms with Gasteiger partial charge in [-0.3, -0.25) is 0 Å². The summed E-state index contributed by atoms with van der Waals surface area (Å²) in [6.07, 6.45) is 3.70. The number of rotatable bonds is 3. The molecule has 1 heterocycles. The van der Waals surface area contributed by atoms with Crippen LogP contribution in [0.15, 0.2) is 30.6 Å². The third-order valence-electron chi connectivity index (χ3n) is 2.80. The SMILES string of the molecule is COc1cccc(-n2ccnc2C)c1C(C)N. The third kappa shape index (κ3) is 2.03. The second-order valence-electron chi connectivity index (χ2n) is 4.03. The van der Waals surface area contributed by atoms with Crippen LogP contribution < -0.4 is 10.5 Å². The van der Waals surface area contributed by atoms with Gasteiger partial charge in [0.1, 0.15) is 11.6 Å². The zero-order valence-electron chi connectivity index (χ0n) is 10.3. The van der Waals surface area contributed by atoms with E-state index in [4.69, 9.17) is 10.5 Å². The van der Waals surface area contributed by atoms with Crippen molar-refractivity contribution in [1.82, 2.24) is 9.55 Å². The standard InChI is InChI=1S/C13H17N3O/c1-9(14)13-11(5-4-6-12(13)17-3)16-8-7-15-10(16)2/h4-9H,14H2,1-3H3. The number of hydrogen-bond acceptors (Lipinski definition) is 3. The number of methoxy groups -OCH3 is 1. The first-order valence-electron chi connectivity index (χ1n) is 5.58. The molecule has 1 unspecified atom stereocenters. The number of nitrogens with zero attached hydrogens (tertiary/aromatic N) is 2. The van der Waals surface area contributed by atoms with Gasteiger partial charge in [0.15, 0.2) is 0 Å². The van der Waals surface area contributed by atoms with Crippen LogP contribution >= 0.6 is 0 Å². The maximum Gasteiger partial charge on any atom is 0.125 e. The lowest BCUT2D eigenvalue weighted by Gasteiger charge is -2.18. The van der Waals surface area contributed by atoms with E-state index in [9.17, 15) is 0 Å². The van der Waals surface area contributed by atoms with Gasteiger partial charge in [-0.1, -0.05) is 6.07 Å². The zero-order chi connectivity index (χ0) is 12.4. The molecule has 4 nitrogen and oxygen atoms in total. The second kappa shape index (κ2) is 4.59. The molecule has 4 heteroatoms. The molecule has 2 rings (SSSR count). The third-order valence-corrected chi connectivity index (χ3v) is 2.80. The van der Waals surface area contributed by atoms with Gasteiger partial charge in [-0.15, -0.1) is 0 Å². The van der Waals surface area contributed by atoms with Gasteiger partial charge in [-0.05, 0) is 26.0 Å². The predicted molar refractivity (Wildman–Crippen MR) is 67.5 cm³/mol. The van der Waals surface area contributed by atoms with Crippen molar-refractivity contribution < 1.29 is 4.74 Å². The molecule has 1 atom stereocenters. The van der Waals surface area contributed by atoms with Gasteiger partial charge >= 0.3 is 0 Å². The molecule has 0 saturated heterocycles. The minimum atomic E-state index is -0.0945. The first-order valence-corrected chi connectivity index (χ1v) is 5.58. The number of benzene rings is 1. The summed E-state index contributed by atoms with van der Waals surface area (Å²) in [5, 5.41) is 0. The maximum atomic E-state index is 6.03. The Balaban J connectivity index is 2.65. The van der Waals surface area contributed by atoms with Crippen molar-refractivity contribution in [3.8, 4) is 11.4 Å². The molecule has 0 aliphatic carbocycles. The summed E-state index contributed by atoms with van der Waals surface area (Å²) in [6.45, 7) is 3.91. The van der Waals surface area contributed by atoms with Crippen molar-refractivity contribution >= 4 is 0 Å². The molecule has 2 N–H and O–H groups in total. The molecule has 0 aliphatic rings. The van der Waals surface area contributed by atoms with Crippen LogP contribution in [0.3, 0.4) is 0 Å². The molecule has 17 heavy (non-hydrogen) atoms. The van der Waals surface area contributed by atoms with Crippen molar-refractivity contribution in [3.63, 3.8) is 0 Å². The van der Waals surface area contributed by atoms with E-state index in [0.717, 1.165) is 22.8 Å². The lowest BCUT2D eigenvalue weighted by molar-refractivity contribution is 0.406. The Morgan fingerprint density at radius 1 is 1.41 bits per heavy atom. The molecule has 0 aliphatic heterocycles. The summed E-state index contributed by atoms with van der Waals surface area (Å²) >= 11 is 0. The van der Waals surface area contributed by atoms with Gasteiger partial charge in [0.2, 0.25) is 0 Å². The molecule has 90 valence electrons. The summed E-state index contributed by atoms with van der Waals surface area (Å²) in [6, 6.07) is 5.81. The van der Waals surface area contributed by atoms with Gasteiger partial charge < -0.3 is 15.0 Å². The van der Waals surface area contributed by atoms with E-state index in [2.05, 4.69) is 4.98 Å². The topological polar surface area (TPSA) is 53.1 Å². The van der Waals surface area contributed by atoms with Gasteiger partial charge in [0.05, 0.1) is 12.8 Å². The van der Waals surface area contributed by atoms with E-state index in [1.807, 2.05) is 42.8 Å². The Kier molecular flexibility index (Phi) is 3.15. The zero-order valence-corrected chi connectivity index (χ0v) is 10.3. The first-order chi connectivity index (χ1) is 8.15. The summed E-state index contributed by atoms with van der Waals surface area (Å²) in [5.74, 6) is 1.74. The van der Waals surface area contributed by atoms with E-state index in [1.165, 1.54) is 0 Å². The molecule has 0 bridgehead atoms. The fourth-order valence-electron chi connectivity index (χ4n) is 2.01. The maximum absolute atomic E-state index is 6.03. The minimum Gasteiger partial charge on any atom is -0.496 e. The second-order valence-corrected chi connectivity index (χ2v) is 4.03. The van der Waals surface area contributed by atoms with Crippen molar-refractivity contribution in [1.29, 1.82) is 0 Å². The monoisotopic (exact) mass is 231 g/mol. The molecule has 1 aromatic carbocycles. The van der Waals surface area contributed by atoms with Crippen LogP contribution in [0.2, 0.25) is 0 Å². The van der Waals surface area contributed by atoms with Crippen LogP contribution in [0, 0.1) is 6.92 Å². The lowest BCUT2D eigenvalue weighted by Crippen LogP contribution is -2.12. The number of hydrogen-bond donors (Lipinski definition) is 1. The highest BCUT2D eigenvalue weighted by Gasteiger charge is 2.15. The quantitative estimate of drug-likeness (QED) is 0.881. The molecular weight excluding hydrogens is 214 g/mol. The van der Waals surface area contributed by atoms with Crippen molar-refractivity contribution in [2.75, 3.05) is 7.11 Å². The average Bonchev–Trinajstić information content (AvgIpc) is 2.74. The molecular formula is C13H17N3O. The van der Waals surface area contributed by atoms with Gasteiger partial charge in [-0.25, -0.2) is 4.98 Å². The average molecular weight is 231 g/mol. The fraction of sp³-hybridized carbons (Fsp3) is 0.308. The van der Waals surface area contributed by atoms with Crippen LogP contribution in [-0.4, -0.2) is 16.7 Å². The normalized spacial score (nSPS) is 12.5. The van der Waals surface area contributed by atoms with Gasteiger partial charge in [0.25, 0.3) is 0 Å². The molecule has 1 aromatic heterocycles. The van der Waals surface area contributed by atoms with E-state index in [0.29, 0.717) is 0 Å². The van der Waals surface area contributed by atoms with Crippen LogP contribution in [-0.2, 0) is 0 Å². The molecule has 0 spiro atoms. The smallest absolute Gasteiger partial charge is 0.125 e. The van der Waals surface area contributed by atoms with Crippen LogP contribution in [0.25, 0.3) is 5.69 Å². The summed E-state index contributed by atoms with van der Waals surface area (Å²) < 4.78 is 7.39. The van der Waals surface area contributed by atoms with E-state index >= 15 is 0 Å². The van der Waals surface area contributed by atoms with Crippen LogP contribution in [0.5, 0.6) is 5.75 Å². The van der Waals surface area contributed by atoms with Crippen molar-refractivity contribution in [2.24, 2.45) is 5.73 Å². The van der Waals surface area contributed by atoms with Crippen molar-refractivity contribution in [3.05, 3.63) is 42.0 Å². The summed E-state index contributed by atoms with van der Waals surface area (Å²) in [4.78, 5) is 4.23. The Bertz CT molecular complexity index is 517. The largest absolute Gasteiger partial charge is 0.496 e. The predicted octanol–water partition coefficient (Wildman–Crippen LogP) is 2.21. The Morgan fingerprint density at radius 3 is 2.71 bits per heavy atom. The highest BCUT2D eigenvalue weighted by molar-refractivity contribution is 5.52. The lowest BCUT2D eigenvalue weighted by atomic mass is 10.1. The van der Waals surface area contributed by atoms with E-state index in [-0.39, 0.29) is 6.04 Å². The number of aromatic nitrogens is 2. The van der Waals surface area contributed by atoms with Gasteiger partial charge in [-0.2, -0.15) is 0 Å². The van der Waals surface area contributed by atoms with Crippen LogP contribution in [0.4, 0.5) is 0 Å². The highest BCUT2D eigenvalue weighted by Crippen LogP contribution is 2.30. The number of imidazole rings is 1. The summed E-state index contributed by atoms with van der Waals surface area (Å²) in [7, 11) is 1.66. The number of ether oxygens (including phenoxy) is 1. The molecule has 0 radical (unpaired) electrons. The molecule has 0 fully saturated rings. The number of nitrogens with two attached hydrogens (primary N) is 1. The highest BCUT2D eigenvalue weighted by atomic mass is 16.5. The fourth-order valence-corrected chi connectivity index (χ4v) is 2.01. The Hall–Kier alpha value is -1.81. The van der Waals surface area contributed by atoms with Crippen LogP contribution in [0.1, 0.15) is 24.4 Å². The number of aryl methyl sites for hydroxylation is 1. The Labute approximate surface area is 101 Å². The first kappa shape index (κ1) is 11.7. The summed E-state index contributed by atoms with van der Waals surface area (Å²) in [5.41, 5.74) is 8.05. The van der Waals surface area contributed by atoms with E-state index < -0.39 is 0 Å². The molecule has 0 amide bonds.